The molecule has 90 valence electrons. The molecule has 18 heavy (non-hydrogen) atoms. The second-order valence-electron chi connectivity index (χ2n) is 3.41. The molecule has 1 heterocycles. The van der Waals surface area contributed by atoms with E-state index in [9.17, 15) is 0 Å². The number of hydrogen-bond acceptors (Lipinski definition) is 4. The molecular formula is C12H7Br2N3O. The lowest BCUT2D eigenvalue weighted by molar-refractivity contribution is 0.462. The predicted molar refractivity (Wildman–Crippen MR) is 75.3 cm³/mol. The summed E-state index contributed by atoms with van der Waals surface area (Å²) in [5, 5.41) is 8.72. The molecule has 0 saturated heterocycles. The molecule has 2 aromatic rings. The Hall–Kier alpha value is -1.58. The van der Waals surface area contributed by atoms with Crippen LogP contribution in [-0.4, -0.2) is 4.98 Å². The van der Waals surface area contributed by atoms with Crippen LogP contribution in [0.25, 0.3) is 0 Å². The molecule has 1 aromatic heterocycles. The summed E-state index contributed by atoms with van der Waals surface area (Å²) in [5.41, 5.74) is 6.48. The molecule has 2 rings (SSSR count). The number of hydrogen-bond donors (Lipinski definition) is 1. The number of anilines is 1. The number of halogens is 2. The van der Waals surface area contributed by atoms with Gasteiger partial charge in [-0.1, -0.05) is 15.9 Å². The minimum atomic E-state index is 0.275. The summed E-state index contributed by atoms with van der Waals surface area (Å²) < 4.78 is 7.29. The summed E-state index contributed by atoms with van der Waals surface area (Å²) in [6.07, 6.45) is 1.42. The van der Waals surface area contributed by atoms with Gasteiger partial charge >= 0.3 is 0 Å². The number of nitrogens with two attached hydrogens (primary N) is 1. The fraction of sp³-hybridized carbons (Fsp3) is 0. The minimum Gasteiger partial charge on any atom is -0.436 e. The van der Waals surface area contributed by atoms with Crippen molar-refractivity contribution < 1.29 is 4.74 Å². The lowest BCUT2D eigenvalue weighted by Gasteiger charge is -2.09. The standard InChI is InChI=1S/C12H7Br2N3O/c13-8-1-2-11(9(14)4-8)18-12-10(16)3-7(5-15)6-17-12/h1-4,6H,16H2. The fourth-order valence-electron chi connectivity index (χ4n) is 1.28. The van der Waals surface area contributed by atoms with Crippen molar-refractivity contribution in [1.29, 1.82) is 5.26 Å². The third-order valence-corrected chi connectivity index (χ3v) is 3.22. The molecule has 1 aromatic carbocycles. The van der Waals surface area contributed by atoms with E-state index in [1.165, 1.54) is 12.3 Å². The van der Waals surface area contributed by atoms with Gasteiger partial charge in [-0.2, -0.15) is 5.26 Å². The Kier molecular flexibility index (Phi) is 3.84. The van der Waals surface area contributed by atoms with Gasteiger partial charge in [-0.15, -0.1) is 0 Å². The number of benzene rings is 1. The topological polar surface area (TPSA) is 71.9 Å². The Labute approximate surface area is 121 Å². The van der Waals surface area contributed by atoms with Crippen LogP contribution in [0.3, 0.4) is 0 Å². The molecule has 0 unspecified atom stereocenters. The molecule has 0 atom stereocenters. The molecule has 0 amide bonds. The van der Waals surface area contributed by atoms with Crippen LogP contribution in [0.5, 0.6) is 11.6 Å². The van der Waals surface area contributed by atoms with Crippen LogP contribution in [0.4, 0.5) is 5.69 Å². The number of pyridine rings is 1. The van der Waals surface area contributed by atoms with Crippen LogP contribution in [0.15, 0.2) is 39.4 Å². The zero-order chi connectivity index (χ0) is 13.1. The number of ether oxygens (including phenoxy) is 1. The summed E-state index contributed by atoms with van der Waals surface area (Å²) in [5.74, 6) is 0.874. The van der Waals surface area contributed by atoms with Crippen molar-refractivity contribution in [3.8, 4) is 17.7 Å². The van der Waals surface area contributed by atoms with Crippen LogP contribution in [-0.2, 0) is 0 Å². The highest BCUT2D eigenvalue weighted by molar-refractivity contribution is 9.11. The number of nitrogen functional groups attached to an aromatic ring is 1. The van der Waals surface area contributed by atoms with Crippen LogP contribution < -0.4 is 10.5 Å². The molecule has 0 aliphatic carbocycles. The Bertz CT molecular complexity index is 638. The van der Waals surface area contributed by atoms with Crippen molar-refractivity contribution in [2.45, 2.75) is 0 Å². The third-order valence-electron chi connectivity index (χ3n) is 2.11. The van der Waals surface area contributed by atoms with Gasteiger partial charge in [0.05, 0.1) is 15.7 Å². The molecule has 0 spiro atoms. The average Bonchev–Trinajstić information content (AvgIpc) is 2.34. The van der Waals surface area contributed by atoms with Crippen molar-refractivity contribution in [2.75, 3.05) is 5.73 Å². The van der Waals surface area contributed by atoms with Crippen LogP contribution in [0.2, 0.25) is 0 Å². The Morgan fingerprint density at radius 1 is 1.28 bits per heavy atom. The maximum absolute atomic E-state index is 8.72. The number of nitriles is 1. The SMILES string of the molecule is N#Cc1cnc(Oc2ccc(Br)cc2Br)c(N)c1. The summed E-state index contributed by atoms with van der Waals surface area (Å²) in [6, 6.07) is 8.98. The van der Waals surface area contributed by atoms with Gasteiger partial charge < -0.3 is 10.5 Å². The normalized spacial score (nSPS) is 9.83. The van der Waals surface area contributed by atoms with Gasteiger partial charge in [-0.3, -0.25) is 0 Å². The number of aromatic nitrogens is 1. The quantitative estimate of drug-likeness (QED) is 0.873. The summed E-state index contributed by atoms with van der Waals surface area (Å²) in [6.45, 7) is 0. The van der Waals surface area contributed by atoms with Crippen LogP contribution in [0.1, 0.15) is 5.56 Å². The van der Waals surface area contributed by atoms with Gasteiger partial charge in [0.1, 0.15) is 11.8 Å². The molecular weight excluding hydrogens is 362 g/mol. The van der Waals surface area contributed by atoms with Crippen LogP contribution in [0, 0.1) is 11.3 Å². The Morgan fingerprint density at radius 2 is 2.06 bits per heavy atom. The van der Waals surface area contributed by atoms with E-state index in [0.29, 0.717) is 17.0 Å². The monoisotopic (exact) mass is 367 g/mol. The highest BCUT2D eigenvalue weighted by Crippen LogP contribution is 2.33. The van der Waals surface area contributed by atoms with Gasteiger partial charge in [0.15, 0.2) is 0 Å². The largest absolute Gasteiger partial charge is 0.436 e. The van der Waals surface area contributed by atoms with Crippen molar-refractivity contribution in [3.63, 3.8) is 0 Å². The maximum atomic E-state index is 8.72. The lowest BCUT2D eigenvalue weighted by atomic mass is 10.3. The van der Waals surface area contributed by atoms with E-state index in [1.807, 2.05) is 18.2 Å². The smallest absolute Gasteiger partial charge is 0.242 e. The summed E-state index contributed by atoms with van der Waals surface area (Å²) in [7, 11) is 0. The van der Waals surface area contributed by atoms with Gasteiger partial charge in [-0.25, -0.2) is 4.98 Å². The summed E-state index contributed by atoms with van der Waals surface area (Å²) in [4.78, 5) is 4.01. The summed E-state index contributed by atoms with van der Waals surface area (Å²) >= 11 is 6.73. The van der Waals surface area contributed by atoms with E-state index in [-0.39, 0.29) is 5.88 Å². The predicted octanol–water partition coefficient (Wildman–Crippen LogP) is 3.85. The first kappa shape index (κ1) is 12.9. The molecule has 6 heteroatoms. The van der Waals surface area contributed by atoms with Crippen molar-refractivity contribution in [3.05, 3.63) is 45.0 Å². The molecule has 0 radical (unpaired) electrons. The van der Waals surface area contributed by atoms with Gasteiger partial charge in [0.25, 0.3) is 0 Å². The lowest BCUT2D eigenvalue weighted by Crippen LogP contribution is -1.96. The maximum Gasteiger partial charge on any atom is 0.242 e. The van der Waals surface area contributed by atoms with E-state index >= 15 is 0 Å². The molecule has 2 N–H and O–H groups in total. The molecule has 4 nitrogen and oxygen atoms in total. The van der Waals surface area contributed by atoms with Crippen LogP contribution >= 0.6 is 31.9 Å². The van der Waals surface area contributed by atoms with Gasteiger partial charge in [-0.05, 0) is 40.2 Å². The van der Waals surface area contributed by atoms with E-state index in [4.69, 9.17) is 15.7 Å². The second kappa shape index (κ2) is 5.38. The first-order valence-corrected chi connectivity index (χ1v) is 6.47. The highest BCUT2D eigenvalue weighted by atomic mass is 79.9. The zero-order valence-electron chi connectivity index (χ0n) is 9.02. The van der Waals surface area contributed by atoms with Gasteiger partial charge in [0.2, 0.25) is 5.88 Å². The first-order valence-electron chi connectivity index (χ1n) is 4.88. The van der Waals surface area contributed by atoms with E-state index in [2.05, 4.69) is 36.8 Å². The number of nitrogens with zero attached hydrogens (tertiary/aromatic N) is 2. The fourth-order valence-corrected chi connectivity index (χ4v) is 2.41. The average molecular weight is 369 g/mol. The van der Waals surface area contributed by atoms with Crippen molar-refractivity contribution in [2.24, 2.45) is 0 Å². The van der Waals surface area contributed by atoms with E-state index in [0.717, 1.165) is 8.95 Å². The van der Waals surface area contributed by atoms with Crippen molar-refractivity contribution in [1.82, 2.24) is 4.98 Å². The van der Waals surface area contributed by atoms with E-state index < -0.39 is 0 Å². The van der Waals surface area contributed by atoms with E-state index in [1.54, 1.807) is 6.07 Å². The Morgan fingerprint density at radius 3 is 2.67 bits per heavy atom. The molecule has 0 aliphatic heterocycles. The van der Waals surface area contributed by atoms with Gasteiger partial charge in [0, 0.05) is 10.7 Å². The second-order valence-corrected chi connectivity index (χ2v) is 5.18. The molecule has 0 bridgehead atoms. The molecule has 0 aliphatic rings. The zero-order valence-corrected chi connectivity index (χ0v) is 12.2. The molecule has 0 saturated carbocycles. The first-order chi connectivity index (χ1) is 8.60. The molecule has 0 fully saturated rings. The third kappa shape index (κ3) is 2.81. The Balaban J connectivity index is 2.32. The van der Waals surface area contributed by atoms with Crippen molar-refractivity contribution >= 4 is 37.5 Å². The minimum absolute atomic E-state index is 0.275. The number of rotatable bonds is 2. The highest BCUT2D eigenvalue weighted by Gasteiger charge is 2.08.